The van der Waals surface area contributed by atoms with E-state index in [0.29, 0.717) is 6.04 Å². The standard InChI is InChI=1S/C18H29NO/c1-13(2)20-18-8-6-5-7-16(18)12-19-17-10-14(3)9-15(4)11-17/h5-8,13-15,17,19H,9-12H2,1-4H3. The van der Waals surface area contributed by atoms with Crippen molar-refractivity contribution in [3.05, 3.63) is 29.8 Å². The molecule has 1 aromatic carbocycles. The summed E-state index contributed by atoms with van der Waals surface area (Å²) >= 11 is 0. The molecule has 112 valence electrons. The quantitative estimate of drug-likeness (QED) is 0.860. The van der Waals surface area contributed by atoms with Gasteiger partial charge in [-0.05, 0) is 51.0 Å². The molecule has 0 saturated heterocycles. The first-order valence-electron chi connectivity index (χ1n) is 8.02. The fourth-order valence-corrected chi connectivity index (χ4v) is 3.39. The zero-order valence-corrected chi connectivity index (χ0v) is 13.4. The van der Waals surface area contributed by atoms with Gasteiger partial charge >= 0.3 is 0 Å². The van der Waals surface area contributed by atoms with Gasteiger partial charge in [-0.25, -0.2) is 0 Å². The SMILES string of the molecule is CC1CC(C)CC(NCc2ccccc2OC(C)C)C1. The number of rotatable bonds is 5. The Bertz CT molecular complexity index is 406. The van der Waals surface area contributed by atoms with Crippen LogP contribution in [0.1, 0.15) is 52.5 Å². The predicted octanol–water partition coefficient (Wildman–Crippen LogP) is 4.39. The van der Waals surface area contributed by atoms with Crippen LogP contribution in [0.2, 0.25) is 0 Å². The molecule has 0 bridgehead atoms. The highest BCUT2D eigenvalue weighted by Gasteiger charge is 2.23. The summed E-state index contributed by atoms with van der Waals surface area (Å²) in [5, 5.41) is 3.73. The van der Waals surface area contributed by atoms with Gasteiger partial charge in [-0.2, -0.15) is 0 Å². The molecule has 20 heavy (non-hydrogen) atoms. The average molecular weight is 275 g/mol. The van der Waals surface area contributed by atoms with Crippen molar-refractivity contribution < 1.29 is 4.74 Å². The first kappa shape index (κ1) is 15.4. The maximum Gasteiger partial charge on any atom is 0.124 e. The Balaban J connectivity index is 1.93. The van der Waals surface area contributed by atoms with E-state index in [0.717, 1.165) is 24.1 Å². The molecule has 2 heteroatoms. The van der Waals surface area contributed by atoms with Crippen molar-refractivity contribution in [2.75, 3.05) is 0 Å². The van der Waals surface area contributed by atoms with E-state index in [1.807, 2.05) is 6.07 Å². The van der Waals surface area contributed by atoms with Crippen molar-refractivity contribution >= 4 is 0 Å². The maximum absolute atomic E-state index is 5.89. The van der Waals surface area contributed by atoms with E-state index < -0.39 is 0 Å². The summed E-state index contributed by atoms with van der Waals surface area (Å²) in [4.78, 5) is 0. The van der Waals surface area contributed by atoms with Gasteiger partial charge in [0.05, 0.1) is 6.10 Å². The highest BCUT2D eigenvalue weighted by atomic mass is 16.5. The minimum atomic E-state index is 0.228. The van der Waals surface area contributed by atoms with Crippen molar-refractivity contribution in [1.29, 1.82) is 0 Å². The van der Waals surface area contributed by atoms with E-state index in [9.17, 15) is 0 Å². The molecule has 1 aliphatic rings. The van der Waals surface area contributed by atoms with E-state index in [1.54, 1.807) is 0 Å². The Hall–Kier alpha value is -1.02. The van der Waals surface area contributed by atoms with Crippen LogP contribution in [0, 0.1) is 11.8 Å². The lowest BCUT2D eigenvalue weighted by molar-refractivity contribution is 0.229. The molecule has 0 aliphatic heterocycles. The summed E-state index contributed by atoms with van der Waals surface area (Å²) in [6.45, 7) is 9.82. The second-order valence-electron chi connectivity index (χ2n) is 6.77. The second-order valence-corrected chi connectivity index (χ2v) is 6.77. The minimum absolute atomic E-state index is 0.228. The lowest BCUT2D eigenvalue weighted by Crippen LogP contribution is -2.36. The highest BCUT2D eigenvalue weighted by Crippen LogP contribution is 2.29. The molecule has 1 saturated carbocycles. The van der Waals surface area contributed by atoms with Gasteiger partial charge in [-0.15, -0.1) is 0 Å². The Kier molecular flexibility index (Phi) is 5.47. The van der Waals surface area contributed by atoms with Gasteiger partial charge in [0.25, 0.3) is 0 Å². The zero-order chi connectivity index (χ0) is 14.5. The first-order chi connectivity index (χ1) is 9.54. The number of hydrogen-bond acceptors (Lipinski definition) is 2. The smallest absolute Gasteiger partial charge is 0.124 e. The molecular formula is C18H29NO. The summed E-state index contributed by atoms with van der Waals surface area (Å²) in [6, 6.07) is 9.03. The molecule has 0 radical (unpaired) electrons. The highest BCUT2D eigenvalue weighted by molar-refractivity contribution is 5.33. The van der Waals surface area contributed by atoms with Crippen LogP contribution in [0.15, 0.2) is 24.3 Å². The van der Waals surface area contributed by atoms with E-state index in [4.69, 9.17) is 4.74 Å². The molecule has 2 rings (SSSR count). The van der Waals surface area contributed by atoms with E-state index in [-0.39, 0.29) is 6.10 Å². The number of hydrogen-bond donors (Lipinski definition) is 1. The van der Waals surface area contributed by atoms with Crippen LogP contribution >= 0.6 is 0 Å². The van der Waals surface area contributed by atoms with Crippen molar-refractivity contribution in [3.63, 3.8) is 0 Å². The molecule has 0 spiro atoms. The number of benzene rings is 1. The van der Waals surface area contributed by atoms with Gasteiger partial charge < -0.3 is 10.1 Å². The molecule has 1 aromatic rings. The monoisotopic (exact) mass is 275 g/mol. The van der Waals surface area contributed by atoms with Crippen LogP contribution in [0.5, 0.6) is 5.75 Å². The van der Waals surface area contributed by atoms with E-state index in [1.165, 1.54) is 24.8 Å². The summed E-state index contributed by atoms with van der Waals surface area (Å²) in [5.74, 6) is 2.71. The third kappa shape index (κ3) is 4.52. The topological polar surface area (TPSA) is 21.3 Å². The molecule has 2 unspecified atom stereocenters. The molecule has 2 nitrogen and oxygen atoms in total. The van der Waals surface area contributed by atoms with Crippen LogP contribution in [-0.2, 0) is 6.54 Å². The van der Waals surface area contributed by atoms with Gasteiger partial charge in [0.2, 0.25) is 0 Å². The molecule has 1 fully saturated rings. The lowest BCUT2D eigenvalue weighted by atomic mass is 9.80. The summed E-state index contributed by atoms with van der Waals surface area (Å²) in [7, 11) is 0. The van der Waals surface area contributed by atoms with Crippen LogP contribution in [0.3, 0.4) is 0 Å². The fraction of sp³-hybridized carbons (Fsp3) is 0.667. The molecule has 1 aliphatic carbocycles. The summed E-state index contributed by atoms with van der Waals surface area (Å²) in [5.41, 5.74) is 1.27. The Morgan fingerprint density at radius 1 is 1.10 bits per heavy atom. The van der Waals surface area contributed by atoms with Gasteiger partial charge in [0.15, 0.2) is 0 Å². The third-order valence-corrected chi connectivity index (χ3v) is 4.09. The number of ether oxygens (including phenoxy) is 1. The lowest BCUT2D eigenvalue weighted by Gasteiger charge is -2.32. The van der Waals surface area contributed by atoms with Gasteiger partial charge in [-0.1, -0.05) is 32.0 Å². The molecule has 0 amide bonds. The van der Waals surface area contributed by atoms with Crippen molar-refractivity contribution in [1.82, 2.24) is 5.32 Å². The summed E-state index contributed by atoms with van der Waals surface area (Å²) < 4.78 is 5.89. The minimum Gasteiger partial charge on any atom is -0.491 e. The summed E-state index contributed by atoms with van der Waals surface area (Å²) in [6.07, 6.45) is 4.21. The maximum atomic E-state index is 5.89. The molecule has 0 heterocycles. The van der Waals surface area contributed by atoms with Crippen LogP contribution in [-0.4, -0.2) is 12.1 Å². The van der Waals surface area contributed by atoms with E-state index >= 15 is 0 Å². The van der Waals surface area contributed by atoms with Gasteiger partial charge in [0, 0.05) is 18.2 Å². The first-order valence-corrected chi connectivity index (χ1v) is 8.02. The normalized spacial score (nSPS) is 26.8. The van der Waals surface area contributed by atoms with Crippen molar-refractivity contribution in [3.8, 4) is 5.75 Å². The van der Waals surface area contributed by atoms with Gasteiger partial charge in [-0.3, -0.25) is 0 Å². The number of para-hydroxylation sites is 1. The second kappa shape index (κ2) is 7.12. The Morgan fingerprint density at radius 2 is 1.75 bits per heavy atom. The zero-order valence-electron chi connectivity index (χ0n) is 13.4. The molecular weight excluding hydrogens is 246 g/mol. The van der Waals surface area contributed by atoms with Crippen LogP contribution in [0.4, 0.5) is 0 Å². The van der Waals surface area contributed by atoms with Crippen LogP contribution in [0.25, 0.3) is 0 Å². The Morgan fingerprint density at radius 3 is 2.40 bits per heavy atom. The predicted molar refractivity (Wildman–Crippen MR) is 85.0 cm³/mol. The van der Waals surface area contributed by atoms with Crippen molar-refractivity contribution in [2.24, 2.45) is 11.8 Å². The Labute approximate surface area is 123 Å². The molecule has 0 aromatic heterocycles. The van der Waals surface area contributed by atoms with Gasteiger partial charge in [0.1, 0.15) is 5.75 Å². The molecule has 2 atom stereocenters. The van der Waals surface area contributed by atoms with Crippen LogP contribution < -0.4 is 10.1 Å². The number of nitrogens with one attached hydrogen (secondary N) is 1. The largest absolute Gasteiger partial charge is 0.491 e. The fourth-order valence-electron chi connectivity index (χ4n) is 3.39. The average Bonchev–Trinajstić information content (AvgIpc) is 2.36. The van der Waals surface area contributed by atoms with Crippen molar-refractivity contribution in [2.45, 2.75) is 65.6 Å². The van der Waals surface area contributed by atoms with E-state index in [2.05, 4.69) is 51.2 Å². The third-order valence-electron chi connectivity index (χ3n) is 4.09. The molecule has 1 N–H and O–H groups in total.